The fraction of sp³-hybridized carbons (Fsp3) is 0.429. The third-order valence-corrected chi connectivity index (χ3v) is 5.36. The average Bonchev–Trinajstić information content (AvgIpc) is 2.70. The van der Waals surface area contributed by atoms with E-state index in [1.54, 1.807) is 18.0 Å². The molecule has 0 aliphatic rings. The zero-order chi connectivity index (χ0) is 18.8. The number of nitrogens with zero attached hydrogens (tertiary/aromatic N) is 2. The van der Waals surface area contributed by atoms with E-state index in [9.17, 15) is 4.79 Å². The van der Waals surface area contributed by atoms with Gasteiger partial charge in [-0.2, -0.15) is 0 Å². The van der Waals surface area contributed by atoms with Crippen molar-refractivity contribution in [1.29, 1.82) is 0 Å². The lowest BCUT2D eigenvalue weighted by Gasteiger charge is -2.17. The summed E-state index contributed by atoms with van der Waals surface area (Å²) in [7, 11) is 0. The number of carbonyl (C=O) groups is 1. The molecule has 1 aromatic heterocycles. The first-order chi connectivity index (χ1) is 12.7. The first-order valence-corrected chi connectivity index (χ1v) is 10.3. The maximum Gasteiger partial charge on any atom is 0.253 e. The zero-order valence-electron chi connectivity index (χ0n) is 16.0. The molecule has 1 aromatic carbocycles. The Hall–Kier alpha value is -1.85. The number of rotatable bonds is 10. The van der Waals surface area contributed by atoms with Gasteiger partial charge in [0.1, 0.15) is 0 Å². The summed E-state index contributed by atoms with van der Waals surface area (Å²) in [6.07, 6.45) is 2.69. The Labute approximate surface area is 161 Å². The van der Waals surface area contributed by atoms with Gasteiger partial charge in [0.05, 0.1) is 10.6 Å². The molecule has 0 unspecified atom stereocenters. The number of nitrogens with one attached hydrogen (secondary N) is 1. The molecule has 0 atom stereocenters. The van der Waals surface area contributed by atoms with Crippen LogP contribution >= 0.6 is 11.8 Å². The Balaban J connectivity index is 1.80. The predicted octanol–water partition coefficient (Wildman–Crippen LogP) is 4.01. The molecule has 5 heteroatoms. The lowest BCUT2D eigenvalue weighted by atomic mass is 10.1. The van der Waals surface area contributed by atoms with Gasteiger partial charge < -0.3 is 10.2 Å². The topological polar surface area (TPSA) is 45.2 Å². The van der Waals surface area contributed by atoms with Crippen molar-refractivity contribution in [2.24, 2.45) is 0 Å². The van der Waals surface area contributed by atoms with Crippen LogP contribution in [-0.4, -0.2) is 41.2 Å². The molecule has 1 N–H and O–H groups in total. The van der Waals surface area contributed by atoms with E-state index in [2.05, 4.69) is 60.2 Å². The van der Waals surface area contributed by atoms with Crippen LogP contribution in [-0.2, 0) is 13.0 Å². The third-order valence-electron chi connectivity index (χ3n) is 4.43. The molecule has 0 aliphatic heterocycles. The molecule has 0 aliphatic carbocycles. The number of hydrogen-bond acceptors (Lipinski definition) is 4. The van der Waals surface area contributed by atoms with Gasteiger partial charge in [-0.05, 0) is 42.8 Å². The van der Waals surface area contributed by atoms with Gasteiger partial charge in [0.2, 0.25) is 0 Å². The summed E-state index contributed by atoms with van der Waals surface area (Å²) < 4.78 is 0. The number of aryl methyl sites for hydroxylation is 1. The lowest BCUT2D eigenvalue weighted by Crippen LogP contribution is -2.25. The number of hydrogen-bond donors (Lipinski definition) is 1. The highest BCUT2D eigenvalue weighted by molar-refractivity contribution is 7.99. The smallest absolute Gasteiger partial charge is 0.253 e. The molecule has 0 fully saturated rings. The minimum atomic E-state index is -0.0863. The quantitative estimate of drug-likeness (QED) is 0.641. The SMILES string of the molecule is CCc1ccc(CNC(=O)c2ccc(SCCN(CC)CC)nc2)cc1. The van der Waals surface area contributed by atoms with Gasteiger partial charge >= 0.3 is 0 Å². The Morgan fingerprint density at radius 3 is 2.31 bits per heavy atom. The number of benzene rings is 1. The first-order valence-electron chi connectivity index (χ1n) is 9.33. The van der Waals surface area contributed by atoms with Crippen molar-refractivity contribution in [3.63, 3.8) is 0 Å². The van der Waals surface area contributed by atoms with Crippen molar-refractivity contribution in [2.75, 3.05) is 25.4 Å². The van der Waals surface area contributed by atoms with Gasteiger partial charge in [-0.1, -0.05) is 45.0 Å². The predicted molar refractivity (Wildman–Crippen MR) is 110 cm³/mol. The molecule has 0 spiro atoms. The molecule has 0 bridgehead atoms. The van der Waals surface area contributed by atoms with E-state index in [1.807, 2.05) is 12.1 Å². The summed E-state index contributed by atoms with van der Waals surface area (Å²) >= 11 is 1.73. The van der Waals surface area contributed by atoms with E-state index >= 15 is 0 Å². The standard InChI is InChI=1S/C21H29N3OS/c1-4-17-7-9-18(10-8-17)15-23-21(25)19-11-12-20(22-16-19)26-14-13-24(5-2)6-3/h7-12,16H,4-6,13-15H2,1-3H3,(H,23,25). The van der Waals surface area contributed by atoms with Gasteiger partial charge in [-0.3, -0.25) is 4.79 Å². The molecule has 0 saturated carbocycles. The van der Waals surface area contributed by atoms with Crippen molar-refractivity contribution in [3.8, 4) is 0 Å². The monoisotopic (exact) mass is 371 g/mol. The van der Waals surface area contributed by atoms with E-state index in [0.717, 1.165) is 42.4 Å². The van der Waals surface area contributed by atoms with Gasteiger partial charge in [0.15, 0.2) is 0 Å². The molecule has 1 heterocycles. The van der Waals surface area contributed by atoms with Gasteiger partial charge in [0.25, 0.3) is 5.91 Å². The first kappa shape index (κ1) is 20.5. The maximum atomic E-state index is 12.3. The molecule has 2 rings (SSSR count). The number of pyridine rings is 1. The van der Waals surface area contributed by atoms with Crippen molar-refractivity contribution in [1.82, 2.24) is 15.2 Å². The van der Waals surface area contributed by atoms with Crippen molar-refractivity contribution >= 4 is 17.7 Å². The van der Waals surface area contributed by atoms with Crippen molar-refractivity contribution < 1.29 is 4.79 Å². The molecule has 1 amide bonds. The summed E-state index contributed by atoms with van der Waals surface area (Å²) in [6.45, 7) is 10.2. The highest BCUT2D eigenvalue weighted by atomic mass is 32.2. The number of amides is 1. The van der Waals surface area contributed by atoms with Gasteiger partial charge in [-0.25, -0.2) is 4.98 Å². The molecule has 26 heavy (non-hydrogen) atoms. The van der Waals surface area contributed by atoms with E-state index in [4.69, 9.17) is 0 Å². The number of aromatic nitrogens is 1. The molecule has 2 aromatic rings. The van der Waals surface area contributed by atoms with Crippen molar-refractivity contribution in [2.45, 2.75) is 38.8 Å². The second kappa shape index (κ2) is 11.0. The van der Waals surface area contributed by atoms with E-state index < -0.39 is 0 Å². The Bertz CT molecular complexity index is 667. The largest absolute Gasteiger partial charge is 0.348 e. The highest BCUT2D eigenvalue weighted by Gasteiger charge is 2.07. The fourth-order valence-corrected chi connectivity index (χ4v) is 3.45. The summed E-state index contributed by atoms with van der Waals surface area (Å²) in [5.41, 5.74) is 3.01. The average molecular weight is 372 g/mol. The van der Waals surface area contributed by atoms with Crippen LogP contribution < -0.4 is 5.32 Å². The molecule has 0 radical (unpaired) electrons. The number of carbonyl (C=O) groups excluding carboxylic acids is 1. The maximum absolute atomic E-state index is 12.3. The molecule has 4 nitrogen and oxygen atoms in total. The zero-order valence-corrected chi connectivity index (χ0v) is 16.8. The molecular weight excluding hydrogens is 342 g/mol. The van der Waals surface area contributed by atoms with Crippen LogP contribution in [0.3, 0.4) is 0 Å². The summed E-state index contributed by atoms with van der Waals surface area (Å²) in [5.74, 6) is 0.922. The lowest BCUT2D eigenvalue weighted by molar-refractivity contribution is 0.0950. The van der Waals surface area contributed by atoms with Crippen molar-refractivity contribution in [3.05, 3.63) is 59.3 Å². The Morgan fingerprint density at radius 1 is 1.04 bits per heavy atom. The summed E-state index contributed by atoms with van der Waals surface area (Å²) in [6, 6.07) is 12.1. The second-order valence-corrected chi connectivity index (χ2v) is 7.23. The minimum Gasteiger partial charge on any atom is -0.348 e. The summed E-state index contributed by atoms with van der Waals surface area (Å²) in [4.78, 5) is 19.1. The molecular formula is C21H29N3OS. The second-order valence-electron chi connectivity index (χ2n) is 6.11. The van der Waals surface area contributed by atoms with Crippen LogP contribution in [0.4, 0.5) is 0 Å². The van der Waals surface area contributed by atoms with E-state index in [0.29, 0.717) is 12.1 Å². The highest BCUT2D eigenvalue weighted by Crippen LogP contribution is 2.15. The van der Waals surface area contributed by atoms with E-state index in [-0.39, 0.29) is 5.91 Å². The van der Waals surface area contributed by atoms with Crippen LogP contribution in [0, 0.1) is 0 Å². The fourth-order valence-electron chi connectivity index (χ4n) is 2.60. The Morgan fingerprint density at radius 2 is 1.73 bits per heavy atom. The molecule has 140 valence electrons. The minimum absolute atomic E-state index is 0.0863. The molecule has 0 saturated heterocycles. The number of thioether (sulfide) groups is 1. The van der Waals surface area contributed by atoms with Crippen LogP contribution in [0.5, 0.6) is 0 Å². The summed E-state index contributed by atoms with van der Waals surface area (Å²) in [5, 5.41) is 3.91. The van der Waals surface area contributed by atoms with E-state index in [1.165, 1.54) is 5.56 Å². The van der Waals surface area contributed by atoms with Gasteiger partial charge in [0, 0.05) is 25.0 Å². The van der Waals surface area contributed by atoms with Crippen LogP contribution in [0.2, 0.25) is 0 Å². The van der Waals surface area contributed by atoms with Gasteiger partial charge in [-0.15, -0.1) is 11.8 Å². The Kier molecular flexibility index (Phi) is 8.65. The third kappa shape index (κ3) is 6.46. The van der Waals surface area contributed by atoms with Crippen LogP contribution in [0.15, 0.2) is 47.6 Å². The normalized spacial score (nSPS) is 10.9. The van der Waals surface area contributed by atoms with Crippen LogP contribution in [0.25, 0.3) is 0 Å². The van der Waals surface area contributed by atoms with Crippen LogP contribution in [0.1, 0.15) is 42.3 Å².